The third kappa shape index (κ3) is 4.07. The number of nitrogens with zero attached hydrogens (tertiary/aromatic N) is 1. The van der Waals surface area contributed by atoms with Crippen molar-refractivity contribution in [3.05, 3.63) is 60.2 Å². The van der Waals surface area contributed by atoms with Gasteiger partial charge in [-0.15, -0.1) is 0 Å². The maximum Gasteiger partial charge on any atom is 0.253 e. The fourth-order valence-corrected chi connectivity index (χ4v) is 2.85. The van der Waals surface area contributed by atoms with Crippen LogP contribution < -0.4 is 10.6 Å². The minimum absolute atomic E-state index is 0.110. The standard InChI is InChI=1S/C18H19N3OS/c22-17(21-12-4-5-13-21)14-8-10-16(11-9-14)20-18(23)19-15-6-2-1-3-7-15/h1-3,6-11H,4-5,12-13H2,(H2,19,20,23). The van der Waals surface area contributed by atoms with E-state index in [-0.39, 0.29) is 5.91 Å². The molecular formula is C18H19N3OS. The molecule has 2 aromatic rings. The second kappa shape index (κ2) is 7.24. The van der Waals surface area contributed by atoms with Gasteiger partial charge in [0.2, 0.25) is 0 Å². The molecule has 1 amide bonds. The van der Waals surface area contributed by atoms with Crippen molar-refractivity contribution in [3.8, 4) is 0 Å². The van der Waals surface area contributed by atoms with Gasteiger partial charge in [-0.05, 0) is 61.5 Å². The van der Waals surface area contributed by atoms with Crippen molar-refractivity contribution in [2.75, 3.05) is 23.7 Å². The summed E-state index contributed by atoms with van der Waals surface area (Å²) in [6, 6.07) is 17.2. The minimum atomic E-state index is 0.110. The summed E-state index contributed by atoms with van der Waals surface area (Å²) >= 11 is 5.29. The average molecular weight is 325 g/mol. The maximum atomic E-state index is 12.3. The first kappa shape index (κ1) is 15.5. The lowest BCUT2D eigenvalue weighted by Gasteiger charge is -2.15. The molecule has 0 spiro atoms. The number of para-hydroxylation sites is 1. The topological polar surface area (TPSA) is 44.4 Å². The van der Waals surface area contributed by atoms with Gasteiger partial charge >= 0.3 is 0 Å². The van der Waals surface area contributed by atoms with E-state index < -0.39 is 0 Å². The van der Waals surface area contributed by atoms with Crippen LogP contribution in [0.1, 0.15) is 23.2 Å². The third-order valence-electron chi connectivity index (χ3n) is 3.81. The summed E-state index contributed by atoms with van der Waals surface area (Å²) in [7, 11) is 0. The van der Waals surface area contributed by atoms with Gasteiger partial charge in [0.25, 0.3) is 5.91 Å². The van der Waals surface area contributed by atoms with Crippen molar-refractivity contribution < 1.29 is 4.79 Å². The van der Waals surface area contributed by atoms with Gasteiger partial charge in [0, 0.05) is 30.0 Å². The summed E-state index contributed by atoms with van der Waals surface area (Å²) in [5.41, 5.74) is 2.52. The summed E-state index contributed by atoms with van der Waals surface area (Å²) < 4.78 is 0. The Morgan fingerprint density at radius 3 is 2.04 bits per heavy atom. The smallest absolute Gasteiger partial charge is 0.253 e. The van der Waals surface area contributed by atoms with Gasteiger partial charge in [-0.25, -0.2) is 0 Å². The zero-order valence-electron chi connectivity index (χ0n) is 12.8. The molecule has 118 valence electrons. The number of carbonyl (C=O) groups excluding carboxylic acids is 1. The number of likely N-dealkylation sites (tertiary alicyclic amines) is 1. The molecule has 1 saturated heterocycles. The van der Waals surface area contributed by atoms with Crippen molar-refractivity contribution in [3.63, 3.8) is 0 Å². The van der Waals surface area contributed by atoms with Crippen LogP contribution in [-0.2, 0) is 0 Å². The highest BCUT2D eigenvalue weighted by molar-refractivity contribution is 7.80. The summed E-state index contributed by atoms with van der Waals surface area (Å²) in [6.45, 7) is 1.73. The monoisotopic (exact) mass is 325 g/mol. The largest absolute Gasteiger partial charge is 0.339 e. The molecule has 0 aliphatic carbocycles. The molecule has 3 rings (SSSR count). The van der Waals surface area contributed by atoms with Crippen LogP contribution in [0.15, 0.2) is 54.6 Å². The number of hydrogen-bond donors (Lipinski definition) is 2. The highest BCUT2D eigenvalue weighted by Gasteiger charge is 2.19. The molecular weight excluding hydrogens is 306 g/mol. The molecule has 4 nitrogen and oxygen atoms in total. The molecule has 2 aromatic carbocycles. The van der Waals surface area contributed by atoms with Crippen LogP contribution in [-0.4, -0.2) is 29.0 Å². The lowest BCUT2D eigenvalue weighted by molar-refractivity contribution is 0.0793. The number of amides is 1. The lowest BCUT2D eigenvalue weighted by atomic mass is 10.2. The molecule has 0 unspecified atom stereocenters. The minimum Gasteiger partial charge on any atom is -0.339 e. The molecule has 2 N–H and O–H groups in total. The molecule has 1 heterocycles. The van der Waals surface area contributed by atoms with Crippen molar-refractivity contribution in [1.82, 2.24) is 4.90 Å². The van der Waals surface area contributed by atoms with E-state index in [1.54, 1.807) is 0 Å². The van der Waals surface area contributed by atoms with Crippen molar-refractivity contribution in [1.29, 1.82) is 0 Å². The van der Waals surface area contributed by atoms with Gasteiger partial charge in [0.15, 0.2) is 5.11 Å². The van der Waals surface area contributed by atoms with E-state index in [1.165, 1.54) is 0 Å². The van der Waals surface area contributed by atoms with Crippen LogP contribution in [0.4, 0.5) is 11.4 Å². The molecule has 0 atom stereocenters. The van der Waals surface area contributed by atoms with Crippen LogP contribution in [0.25, 0.3) is 0 Å². The average Bonchev–Trinajstić information content (AvgIpc) is 3.10. The lowest BCUT2D eigenvalue weighted by Crippen LogP contribution is -2.27. The van der Waals surface area contributed by atoms with E-state index in [9.17, 15) is 4.79 Å². The van der Waals surface area contributed by atoms with Gasteiger partial charge in [0.05, 0.1) is 0 Å². The third-order valence-corrected chi connectivity index (χ3v) is 4.02. The molecule has 1 fully saturated rings. The maximum absolute atomic E-state index is 12.3. The van der Waals surface area contributed by atoms with Gasteiger partial charge in [-0.3, -0.25) is 4.79 Å². The van der Waals surface area contributed by atoms with E-state index in [4.69, 9.17) is 12.2 Å². The van der Waals surface area contributed by atoms with Gasteiger partial charge in [-0.1, -0.05) is 18.2 Å². The molecule has 0 saturated carbocycles. The Balaban J connectivity index is 1.58. The number of hydrogen-bond acceptors (Lipinski definition) is 2. The Morgan fingerprint density at radius 2 is 1.43 bits per heavy atom. The predicted molar refractivity (Wildman–Crippen MR) is 97.9 cm³/mol. The molecule has 0 radical (unpaired) electrons. The van der Waals surface area contributed by atoms with Crippen LogP contribution >= 0.6 is 12.2 Å². The van der Waals surface area contributed by atoms with Gasteiger partial charge in [-0.2, -0.15) is 0 Å². The second-order valence-corrected chi connectivity index (χ2v) is 5.93. The number of benzene rings is 2. The zero-order chi connectivity index (χ0) is 16.1. The second-order valence-electron chi connectivity index (χ2n) is 5.52. The van der Waals surface area contributed by atoms with E-state index >= 15 is 0 Å². The Kier molecular flexibility index (Phi) is 4.88. The van der Waals surface area contributed by atoms with Crippen molar-refractivity contribution >= 4 is 34.6 Å². The first-order chi connectivity index (χ1) is 11.2. The molecule has 1 aliphatic heterocycles. The fourth-order valence-electron chi connectivity index (χ4n) is 2.61. The summed E-state index contributed by atoms with van der Waals surface area (Å²) in [4.78, 5) is 14.2. The van der Waals surface area contributed by atoms with Crippen LogP contribution in [0.2, 0.25) is 0 Å². The molecule has 5 heteroatoms. The first-order valence-corrected chi connectivity index (χ1v) is 8.15. The first-order valence-electron chi connectivity index (χ1n) is 7.75. The summed E-state index contributed by atoms with van der Waals surface area (Å²) in [5.74, 6) is 0.110. The van der Waals surface area contributed by atoms with Gasteiger partial charge in [0.1, 0.15) is 0 Å². The van der Waals surface area contributed by atoms with E-state index in [0.29, 0.717) is 5.11 Å². The Morgan fingerprint density at radius 1 is 0.870 bits per heavy atom. The van der Waals surface area contributed by atoms with E-state index in [1.807, 2.05) is 59.5 Å². The molecule has 1 aliphatic rings. The Hall–Kier alpha value is -2.40. The Bertz CT molecular complexity index is 679. The van der Waals surface area contributed by atoms with E-state index in [0.717, 1.165) is 42.9 Å². The van der Waals surface area contributed by atoms with Crippen molar-refractivity contribution in [2.45, 2.75) is 12.8 Å². The summed E-state index contributed by atoms with van der Waals surface area (Å²) in [6.07, 6.45) is 2.20. The van der Waals surface area contributed by atoms with Crippen LogP contribution in [0.5, 0.6) is 0 Å². The quantitative estimate of drug-likeness (QED) is 0.844. The molecule has 0 aromatic heterocycles. The number of anilines is 2. The highest BCUT2D eigenvalue weighted by Crippen LogP contribution is 2.16. The zero-order valence-corrected chi connectivity index (χ0v) is 13.6. The molecule has 0 bridgehead atoms. The number of thiocarbonyl (C=S) groups is 1. The predicted octanol–water partition coefficient (Wildman–Crippen LogP) is 3.73. The fraction of sp³-hybridized carbons (Fsp3) is 0.222. The summed E-state index contributed by atoms with van der Waals surface area (Å²) in [5, 5.41) is 6.76. The van der Waals surface area contributed by atoms with Gasteiger partial charge < -0.3 is 15.5 Å². The molecule has 23 heavy (non-hydrogen) atoms. The Labute approximate surface area is 141 Å². The number of rotatable bonds is 3. The SMILES string of the molecule is O=C(c1ccc(NC(=S)Nc2ccccc2)cc1)N1CCCC1. The van der Waals surface area contributed by atoms with Crippen LogP contribution in [0.3, 0.4) is 0 Å². The number of nitrogens with one attached hydrogen (secondary N) is 2. The van der Waals surface area contributed by atoms with E-state index in [2.05, 4.69) is 10.6 Å². The highest BCUT2D eigenvalue weighted by atomic mass is 32.1. The number of carbonyl (C=O) groups is 1. The van der Waals surface area contributed by atoms with Crippen LogP contribution in [0, 0.1) is 0 Å². The normalized spacial score (nSPS) is 13.7. The van der Waals surface area contributed by atoms with Crippen molar-refractivity contribution in [2.24, 2.45) is 0 Å².